The molecule has 2 nitrogen and oxygen atoms in total. The van der Waals surface area contributed by atoms with E-state index in [9.17, 15) is 9.18 Å². The summed E-state index contributed by atoms with van der Waals surface area (Å²) in [6, 6.07) is 9.82. The summed E-state index contributed by atoms with van der Waals surface area (Å²) < 4.78 is 13.7. The standard InChI is InChI=1S/C17H17ClFNO/c1-10-4-5-13(8-11(10)2)12(3)20-17(21)15-7-6-14(18)9-16(15)19/h4-9,12H,1-3H3,(H,20,21)/t12-/m0/s1. The van der Waals surface area contributed by atoms with Gasteiger partial charge in [-0.3, -0.25) is 4.79 Å². The Labute approximate surface area is 128 Å². The monoisotopic (exact) mass is 305 g/mol. The van der Waals surface area contributed by atoms with Crippen LogP contribution in [0.2, 0.25) is 5.02 Å². The van der Waals surface area contributed by atoms with Gasteiger partial charge in [0, 0.05) is 5.02 Å². The highest BCUT2D eigenvalue weighted by molar-refractivity contribution is 6.30. The molecule has 0 aliphatic heterocycles. The number of rotatable bonds is 3. The van der Waals surface area contributed by atoms with Crippen LogP contribution in [0.4, 0.5) is 4.39 Å². The molecule has 0 heterocycles. The summed E-state index contributed by atoms with van der Waals surface area (Å²) in [7, 11) is 0. The van der Waals surface area contributed by atoms with Gasteiger partial charge in [-0.2, -0.15) is 0 Å². The maximum Gasteiger partial charge on any atom is 0.254 e. The van der Waals surface area contributed by atoms with Gasteiger partial charge < -0.3 is 5.32 Å². The molecule has 2 aromatic rings. The second-order valence-corrected chi connectivity index (χ2v) is 5.60. The van der Waals surface area contributed by atoms with E-state index in [1.807, 2.05) is 39.0 Å². The van der Waals surface area contributed by atoms with Crippen LogP contribution in [0.1, 0.15) is 40.0 Å². The zero-order valence-corrected chi connectivity index (χ0v) is 13.0. The molecule has 0 bridgehead atoms. The number of amides is 1. The van der Waals surface area contributed by atoms with E-state index in [1.54, 1.807) is 0 Å². The van der Waals surface area contributed by atoms with Crippen molar-refractivity contribution in [2.24, 2.45) is 0 Å². The van der Waals surface area contributed by atoms with Crippen molar-refractivity contribution in [1.82, 2.24) is 5.32 Å². The predicted molar refractivity (Wildman–Crippen MR) is 83.2 cm³/mol. The first kappa shape index (κ1) is 15.5. The van der Waals surface area contributed by atoms with E-state index in [2.05, 4.69) is 5.32 Å². The van der Waals surface area contributed by atoms with E-state index in [0.29, 0.717) is 0 Å². The maximum absolute atomic E-state index is 13.7. The van der Waals surface area contributed by atoms with Crippen molar-refractivity contribution in [2.75, 3.05) is 0 Å². The minimum atomic E-state index is -0.618. The van der Waals surface area contributed by atoms with Gasteiger partial charge in [0.05, 0.1) is 11.6 Å². The number of benzene rings is 2. The molecule has 21 heavy (non-hydrogen) atoms. The average molecular weight is 306 g/mol. The molecule has 4 heteroatoms. The second kappa shape index (κ2) is 6.27. The molecule has 0 radical (unpaired) electrons. The van der Waals surface area contributed by atoms with Gasteiger partial charge in [0.15, 0.2) is 0 Å². The molecule has 2 aromatic carbocycles. The van der Waals surface area contributed by atoms with Crippen molar-refractivity contribution in [2.45, 2.75) is 26.8 Å². The van der Waals surface area contributed by atoms with Gasteiger partial charge in [-0.05, 0) is 55.7 Å². The minimum Gasteiger partial charge on any atom is -0.345 e. The van der Waals surface area contributed by atoms with E-state index in [1.165, 1.54) is 17.7 Å². The molecule has 0 aromatic heterocycles. The van der Waals surface area contributed by atoms with Crippen LogP contribution in [0.3, 0.4) is 0 Å². The largest absolute Gasteiger partial charge is 0.345 e. The molecule has 0 fully saturated rings. The summed E-state index contributed by atoms with van der Waals surface area (Å²) in [6.45, 7) is 5.92. The molecule has 0 aliphatic carbocycles. The Morgan fingerprint density at radius 2 is 1.86 bits per heavy atom. The Balaban J connectivity index is 2.16. The van der Waals surface area contributed by atoms with Crippen molar-refractivity contribution < 1.29 is 9.18 Å². The smallest absolute Gasteiger partial charge is 0.254 e. The summed E-state index contributed by atoms with van der Waals surface area (Å²) >= 11 is 5.68. The fourth-order valence-corrected chi connectivity index (χ4v) is 2.22. The molecule has 0 spiro atoms. The normalized spacial score (nSPS) is 12.0. The maximum atomic E-state index is 13.7. The molecule has 1 amide bonds. The predicted octanol–water partition coefficient (Wildman–Crippen LogP) is 4.59. The Bertz CT molecular complexity index is 684. The van der Waals surface area contributed by atoms with E-state index in [-0.39, 0.29) is 16.6 Å². The molecule has 0 unspecified atom stereocenters. The third-order valence-electron chi connectivity index (χ3n) is 3.55. The highest BCUT2D eigenvalue weighted by Crippen LogP contribution is 2.19. The Morgan fingerprint density at radius 1 is 1.14 bits per heavy atom. The van der Waals surface area contributed by atoms with Gasteiger partial charge in [-0.25, -0.2) is 4.39 Å². The van der Waals surface area contributed by atoms with E-state index in [4.69, 9.17) is 11.6 Å². The molecule has 1 N–H and O–H groups in total. The summed E-state index contributed by atoms with van der Waals surface area (Å²) in [5.41, 5.74) is 3.34. The first-order valence-corrected chi connectivity index (χ1v) is 7.09. The molecule has 2 rings (SSSR count). The average Bonchev–Trinajstić information content (AvgIpc) is 2.41. The van der Waals surface area contributed by atoms with Crippen molar-refractivity contribution in [1.29, 1.82) is 0 Å². The number of carbonyl (C=O) groups is 1. The lowest BCUT2D eigenvalue weighted by Crippen LogP contribution is -2.27. The van der Waals surface area contributed by atoms with Crippen LogP contribution in [0.5, 0.6) is 0 Å². The zero-order chi connectivity index (χ0) is 15.6. The molecule has 110 valence electrons. The lowest BCUT2D eigenvalue weighted by atomic mass is 10.0. The third kappa shape index (κ3) is 3.61. The van der Waals surface area contributed by atoms with Crippen molar-refractivity contribution in [3.63, 3.8) is 0 Å². The lowest BCUT2D eigenvalue weighted by molar-refractivity contribution is 0.0936. The number of aryl methyl sites for hydroxylation is 2. The molecule has 0 saturated heterocycles. The van der Waals surface area contributed by atoms with Gasteiger partial charge in [0.2, 0.25) is 0 Å². The Morgan fingerprint density at radius 3 is 2.48 bits per heavy atom. The van der Waals surface area contributed by atoms with Crippen LogP contribution in [0.25, 0.3) is 0 Å². The molecular formula is C17H17ClFNO. The fraction of sp³-hybridized carbons (Fsp3) is 0.235. The summed E-state index contributed by atoms with van der Waals surface area (Å²) in [5, 5.41) is 3.07. The fourth-order valence-electron chi connectivity index (χ4n) is 2.07. The van der Waals surface area contributed by atoms with E-state index < -0.39 is 11.7 Å². The van der Waals surface area contributed by atoms with Crippen molar-refractivity contribution >= 4 is 17.5 Å². The number of carbonyl (C=O) groups excluding carboxylic acids is 1. The van der Waals surface area contributed by atoms with Crippen LogP contribution < -0.4 is 5.32 Å². The van der Waals surface area contributed by atoms with Crippen LogP contribution in [-0.4, -0.2) is 5.91 Å². The first-order chi connectivity index (χ1) is 9.88. The Hall–Kier alpha value is -1.87. The minimum absolute atomic E-state index is 0.00455. The molecular weight excluding hydrogens is 289 g/mol. The highest BCUT2D eigenvalue weighted by atomic mass is 35.5. The van der Waals surface area contributed by atoms with Crippen LogP contribution >= 0.6 is 11.6 Å². The zero-order valence-electron chi connectivity index (χ0n) is 12.2. The van der Waals surface area contributed by atoms with Gasteiger partial charge in [0.1, 0.15) is 5.82 Å². The molecule has 1 atom stereocenters. The Kier molecular flexibility index (Phi) is 4.63. The van der Waals surface area contributed by atoms with Gasteiger partial charge in [-0.15, -0.1) is 0 Å². The van der Waals surface area contributed by atoms with Crippen LogP contribution in [-0.2, 0) is 0 Å². The summed E-state index contributed by atoms with van der Waals surface area (Å²) in [5.74, 6) is -1.07. The van der Waals surface area contributed by atoms with Gasteiger partial charge in [0.25, 0.3) is 5.91 Å². The third-order valence-corrected chi connectivity index (χ3v) is 3.79. The number of halogens is 2. The van der Waals surface area contributed by atoms with E-state index in [0.717, 1.165) is 17.2 Å². The van der Waals surface area contributed by atoms with Crippen LogP contribution in [0, 0.1) is 19.7 Å². The highest BCUT2D eigenvalue weighted by Gasteiger charge is 2.15. The first-order valence-electron chi connectivity index (χ1n) is 6.71. The van der Waals surface area contributed by atoms with Gasteiger partial charge in [-0.1, -0.05) is 29.8 Å². The SMILES string of the molecule is Cc1ccc([C@H](C)NC(=O)c2ccc(Cl)cc2F)cc1C. The summed E-state index contributed by atoms with van der Waals surface area (Å²) in [4.78, 5) is 12.1. The van der Waals surface area contributed by atoms with Crippen LogP contribution in [0.15, 0.2) is 36.4 Å². The topological polar surface area (TPSA) is 29.1 Å². The lowest BCUT2D eigenvalue weighted by Gasteiger charge is -2.16. The molecule has 0 saturated carbocycles. The van der Waals surface area contributed by atoms with E-state index >= 15 is 0 Å². The number of nitrogens with one attached hydrogen (secondary N) is 1. The quantitative estimate of drug-likeness (QED) is 0.883. The number of hydrogen-bond acceptors (Lipinski definition) is 1. The van der Waals surface area contributed by atoms with Crippen molar-refractivity contribution in [3.05, 3.63) is 69.5 Å². The number of hydrogen-bond donors (Lipinski definition) is 1. The second-order valence-electron chi connectivity index (χ2n) is 5.16. The van der Waals surface area contributed by atoms with Crippen molar-refractivity contribution in [3.8, 4) is 0 Å². The van der Waals surface area contributed by atoms with Gasteiger partial charge >= 0.3 is 0 Å². The summed E-state index contributed by atoms with van der Waals surface area (Å²) in [6.07, 6.45) is 0. The molecule has 0 aliphatic rings.